The number of aliphatic hydroxyl groups is 1. The first-order valence-corrected chi connectivity index (χ1v) is 8.81. The molecule has 2 aromatic heterocycles. The zero-order chi connectivity index (χ0) is 19.0. The molecule has 0 saturated carbocycles. The average molecular weight is 359 g/mol. The van der Waals surface area contributed by atoms with Crippen molar-refractivity contribution < 1.29 is 9.84 Å². The molecule has 2 heterocycles. The molecule has 0 aliphatic rings. The predicted octanol–water partition coefficient (Wildman–Crippen LogP) is 3.96. The van der Waals surface area contributed by atoms with Crippen LogP contribution >= 0.6 is 0 Å². The SMILES string of the molecule is COc1ccc(C(O)Cc2cnc3c(N)nc4cc(C)ccc4c3c2)cc1. The Kier molecular flexibility index (Phi) is 4.38. The minimum absolute atomic E-state index is 0.422. The van der Waals surface area contributed by atoms with Gasteiger partial charge in [0.05, 0.1) is 18.7 Å². The third kappa shape index (κ3) is 3.29. The normalized spacial score (nSPS) is 12.4. The Labute approximate surface area is 157 Å². The van der Waals surface area contributed by atoms with E-state index in [1.54, 1.807) is 13.3 Å². The lowest BCUT2D eigenvalue weighted by Gasteiger charge is -2.13. The maximum Gasteiger partial charge on any atom is 0.150 e. The number of benzene rings is 2. The first kappa shape index (κ1) is 17.2. The van der Waals surface area contributed by atoms with E-state index in [1.807, 2.05) is 49.4 Å². The number of aromatic nitrogens is 2. The summed E-state index contributed by atoms with van der Waals surface area (Å²) < 4.78 is 5.17. The number of hydrogen-bond acceptors (Lipinski definition) is 5. The van der Waals surface area contributed by atoms with Gasteiger partial charge in [-0.3, -0.25) is 4.98 Å². The number of methoxy groups -OCH3 is 1. The molecule has 0 aliphatic heterocycles. The molecule has 1 unspecified atom stereocenters. The quantitative estimate of drug-likeness (QED) is 0.539. The van der Waals surface area contributed by atoms with Gasteiger partial charge in [-0.25, -0.2) is 4.98 Å². The first-order valence-electron chi connectivity index (χ1n) is 8.81. The standard InChI is InChI=1S/C22H21N3O2/c1-13-3-8-17-18-10-14(12-24-21(18)22(23)25-19(17)9-13)11-20(26)15-4-6-16(27-2)7-5-15/h3-10,12,20,26H,11H2,1-2H3,(H2,23,25). The minimum atomic E-state index is -0.622. The van der Waals surface area contributed by atoms with Crippen LogP contribution in [0.25, 0.3) is 21.8 Å². The van der Waals surface area contributed by atoms with E-state index < -0.39 is 6.10 Å². The molecule has 0 radical (unpaired) electrons. The zero-order valence-electron chi connectivity index (χ0n) is 15.3. The number of hydrogen-bond donors (Lipinski definition) is 2. The molecule has 27 heavy (non-hydrogen) atoms. The van der Waals surface area contributed by atoms with Crippen molar-refractivity contribution in [1.29, 1.82) is 0 Å². The van der Waals surface area contributed by atoms with Crippen molar-refractivity contribution in [3.8, 4) is 5.75 Å². The van der Waals surface area contributed by atoms with Gasteiger partial charge >= 0.3 is 0 Å². The molecule has 0 fully saturated rings. The minimum Gasteiger partial charge on any atom is -0.497 e. The van der Waals surface area contributed by atoms with Gasteiger partial charge in [-0.2, -0.15) is 0 Å². The summed E-state index contributed by atoms with van der Waals surface area (Å²) in [7, 11) is 1.62. The van der Waals surface area contributed by atoms with Gasteiger partial charge in [-0.05, 0) is 47.9 Å². The summed E-state index contributed by atoms with van der Waals surface area (Å²) in [4.78, 5) is 8.98. The average Bonchev–Trinajstić information content (AvgIpc) is 2.67. The summed E-state index contributed by atoms with van der Waals surface area (Å²) in [5.41, 5.74) is 10.6. The molecular formula is C22H21N3O2. The van der Waals surface area contributed by atoms with Crippen LogP contribution in [0, 0.1) is 6.92 Å². The van der Waals surface area contributed by atoms with Crippen molar-refractivity contribution in [2.45, 2.75) is 19.4 Å². The lowest BCUT2D eigenvalue weighted by Crippen LogP contribution is -2.03. The lowest BCUT2D eigenvalue weighted by molar-refractivity contribution is 0.178. The highest BCUT2D eigenvalue weighted by molar-refractivity contribution is 6.08. The van der Waals surface area contributed by atoms with Gasteiger partial charge in [0.15, 0.2) is 5.82 Å². The number of nitrogen functional groups attached to an aromatic ring is 1. The van der Waals surface area contributed by atoms with Crippen LogP contribution in [0.4, 0.5) is 5.82 Å². The zero-order valence-corrected chi connectivity index (χ0v) is 15.3. The lowest BCUT2D eigenvalue weighted by atomic mass is 10.00. The van der Waals surface area contributed by atoms with Crippen molar-refractivity contribution in [3.63, 3.8) is 0 Å². The van der Waals surface area contributed by atoms with Crippen LogP contribution in [0.5, 0.6) is 5.75 Å². The maximum absolute atomic E-state index is 10.6. The number of rotatable bonds is 4. The largest absolute Gasteiger partial charge is 0.497 e. The fraction of sp³-hybridized carbons (Fsp3) is 0.182. The second kappa shape index (κ2) is 6.85. The van der Waals surface area contributed by atoms with E-state index in [4.69, 9.17) is 10.5 Å². The van der Waals surface area contributed by atoms with Crippen LogP contribution in [0.1, 0.15) is 22.8 Å². The predicted molar refractivity (Wildman–Crippen MR) is 108 cm³/mol. The second-order valence-electron chi connectivity index (χ2n) is 6.75. The van der Waals surface area contributed by atoms with Gasteiger partial charge < -0.3 is 15.6 Å². The van der Waals surface area contributed by atoms with Gasteiger partial charge in [-0.1, -0.05) is 24.3 Å². The fourth-order valence-corrected chi connectivity index (χ4v) is 3.34. The number of fused-ring (bicyclic) bond motifs is 3. The van der Waals surface area contributed by atoms with E-state index in [0.717, 1.165) is 38.7 Å². The van der Waals surface area contributed by atoms with Crippen molar-refractivity contribution in [2.75, 3.05) is 12.8 Å². The van der Waals surface area contributed by atoms with Crippen LogP contribution in [0.2, 0.25) is 0 Å². The molecule has 5 nitrogen and oxygen atoms in total. The first-order chi connectivity index (χ1) is 13.0. The summed E-state index contributed by atoms with van der Waals surface area (Å²) in [5, 5.41) is 12.6. The summed E-state index contributed by atoms with van der Waals surface area (Å²) in [6.45, 7) is 2.03. The van der Waals surface area contributed by atoms with Gasteiger partial charge in [0, 0.05) is 23.4 Å². The molecule has 0 amide bonds. The van der Waals surface area contributed by atoms with Crippen LogP contribution in [0.15, 0.2) is 54.7 Å². The van der Waals surface area contributed by atoms with Crippen LogP contribution in [-0.4, -0.2) is 22.2 Å². The Morgan fingerprint density at radius 2 is 1.85 bits per heavy atom. The summed E-state index contributed by atoms with van der Waals surface area (Å²) >= 11 is 0. The molecule has 0 saturated heterocycles. The number of ether oxygens (including phenoxy) is 1. The molecule has 2 aromatic carbocycles. The number of aryl methyl sites for hydroxylation is 1. The van der Waals surface area contributed by atoms with Crippen LogP contribution < -0.4 is 10.5 Å². The molecule has 1 atom stereocenters. The van der Waals surface area contributed by atoms with E-state index in [1.165, 1.54) is 0 Å². The Hall–Kier alpha value is -3.18. The van der Waals surface area contributed by atoms with Crippen LogP contribution in [0.3, 0.4) is 0 Å². The fourth-order valence-electron chi connectivity index (χ4n) is 3.34. The Balaban J connectivity index is 1.72. The third-order valence-electron chi connectivity index (χ3n) is 4.80. The topological polar surface area (TPSA) is 81.3 Å². The van der Waals surface area contributed by atoms with Gasteiger partial charge in [0.1, 0.15) is 11.3 Å². The van der Waals surface area contributed by atoms with Crippen molar-refractivity contribution in [1.82, 2.24) is 9.97 Å². The molecule has 136 valence electrons. The highest BCUT2D eigenvalue weighted by atomic mass is 16.5. The number of nitrogens with two attached hydrogens (primary N) is 1. The Morgan fingerprint density at radius 1 is 1.07 bits per heavy atom. The molecule has 0 spiro atoms. The molecule has 5 heteroatoms. The van der Waals surface area contributed by atoms with Crippen molar-refractivity contribution >= 4 is 27.6 Å². The summed E-state index contributed by atoms with van der Waals surface area (Å²) in [6, 6.07) is 15.6. The highest BCUT2D eigenvalue weighted by Crippen LogP contribution is 2.29. The van der Waals surface area contributed by atoms with E-state index in [2.05, 4.69) is 16.0 Å². The van der Waals surface area contributed by atoms with E-state index >= 15 is 0 Å². The van der Waals surface area contributed by atoms with E-state index in [-0.39, 0.29) is 0 Å². The van der Waals surface area contributed by atoms with Gasteiger partial charge in [0.2, 0.25) is 0 Å². The highest BCUT2D eigenvalue weighted by Gasteiger charge is 2.13. The smallest absolute Gasteiger partial charge is 0.150 e. The molecular weight excluding hydrogens is 338 g/mol. The Morgan fingerprint density at radius 3 is 2.59 bits per heavy atom. The molecule has 3 N–H and O–H groups in total. The van der Waals surface area contributed by atoms with Crippen molar-refractivity contribution in [3.05, 3.63) is 71.4 Å². The van der Waals surface area contributed by atoms with Crippen LogP contribution in [-0.2, 0) is 6.42 Å². The number of pyridine rings is 2. The summed E-state index contributed by atoms with van der Waals surface area (Å²) in [5.74, 6) is 1.19. The molecule has 0 aliphatic carbocycles. The second-order valence-corrected chi connectivity index (χ2v) is 6.75. The number of nitrogens with zero attached hydrogens (tertiary/aromatic N) is 2. The van der Waals surface area contributed by atoms with Gasteiger partial charge in [0.25, 0.3) is 0 Å². The van der Waals surface area contributed by atoms with E-state index in [9.17, 15) is 5.11 Å². The Bertz CT molecular complexity index is 1120. The maximum atomic E-state index is 10.6. The summed E-state index contributed by atoms with van der Waals surface area (Å²) in [6.07, 6.45) is 1.60. The molecule has 4 rings (SSSR count). The monoisotopic (exact) mass is 359 g/mol. The number of aliphatic hydroxyl groups excluding tert-OH is 1. The molecule has 4 aromatic rings. The third-order valence-corrected chi connectivity index (χ3v) is 4.80. The van der Waals surface area contributed by atoms with Gasteiger partial charge in [-0.15, -0.1) is 0 Å². The van der Waals surface area contributed by atoms with Crippen molar-refractivity contribution in [2.24, 2.45) is 0 Å². The molecule has 0 bridgehead atoms. The number of anilines is 1. The van der Waals surface area contributed by atoms with E-state index in [0.29, 0.717) is 17.8 Å².